The third-order valence-electron chi connectivity index (χ3n) is 6.93. The Morgan fingerprint density at radius 3 is 1.85 bits per heavy atom. The van der Waals surface area contributed by atoms with E-state index in [9.17, 15) is 9.59 Å². The zero-order valence-corrected chi connectivity index (χ0v) is 19.2. The molecule has 2 N–H and O–H groups in total. The third-order valence-corrected chi connectivity index (χ3v) is 7.18. The lowest BCUT2D eigenvalue weighted by Crippen LogP contribution is -3.30. The first-order valence-corrected chi connectivity index (χ1v) is 11.9. The Balaban J connectivity index is 1.31. The maximum atomic E-state index is 13.2. The van der Waals surface area contributed by atoms with Gasteiger partial charge in [0.1, 0.15) is 32.2 Å². The number of quaternary nitrogens is 2. The van der Waals surface area contributed by atoms with Crippen LogP contribution >= 0.6 is 11.6 Å². The molecule has 5 rings (SSSR count). The number of imide groups is 1. The summed E-state index contributed by atoms with van der Waals surface area (Å²) in [6, 6.07) is 28.2. The third kappa shape index (κ3) is 4.44. The van der Waals surface area contributed by atoms with Crippen molar-refractivity contribution in [3.8, 4) is 0 Å². The topological polar surface area (TPSA) is 46.3 Å². The molecule has 2 fully saturated rings. The average molecular weight is 462 g/mol. The zero-order chi connectivity index (χ0) is 22.8. The second kappa shape index (κ2) is 9.48. The molecule has 3 aromatic carbocycles. The number of rotatable bonds is 5. The number of carbonyl (C=O) groups excluding carboxylic acids is 2. The Kier molecular flexibility index (Phi) is 6.27. The monoisotopic (exact) mass is 461 g/mol. The highest BCUT2D eigenvalue weighted by molar-refractivity contribution is 6.30. The van der Waals surface area contributed by atoms with Crippen molar-refractivity contribution in [2.75, 3.05) is 31.1 Å². The second-order valence-corrected chi connectivity index (χ2v) is 9.31. The lowest BCUT2D eigenvalue weighted by atomic mass is 9.96. The highest BCUT2D eigenvalue weighted by atomic mass is 35.5. The summed E-state index contributed by atoms with van der Waals surface area (Å²) in [7, 11) is 0. The van der Waals surface area contributed by atoms with Gasteiger partial charge in [-0.15, -0.1) is 0 Å². The molecular weight excluding hydrogens is 434 g/mol. The SMILES string of the molecule is O=C1C[C@@H]([NH+]2CC[NH+](C(c3ccccc3)c3ccccc3)CC2)C(=O)N1c1ccc(Cl)cc1. The van der Waals surface area contributed by atoms with Crippen LogP contribution in [0.15, 0.2) is 84.9 Å². The fourth-order valence-electron chi connectivity index (χ4n) is 5.30. The summed E-state index contributed by atoms with van der Waals surface area (Å²) in [6.45, 7) is 3.62. The van der Waals surface area contributed by atoms with Gasteiger partial charge in [0.15, 0.2) is 6.04 Å². The van der Waals surface area contributed by atoms with Crippen LogP contribution in [0.3, 0.4) is 0 Å². The summed E-state index contributed by atoms with van der Waals surface area (Å²) in [4.78, 5) is 30.0. The van der Waals surface area contributed by atoms with E-state index in [1.165, 1.54) is 25.8 Å². The number of carbonyl (C=O) groups is 2. The number of hydrogen-bond donors (Lipinski definition) is 2. The highest BCUT2D eigenvalue weighted by Crippen LogP contribution is 2.24. The van der Waals surface area contributed by atoms with Crippen LogP contribution in [0.1, 0.15) is 23.6 Å². The molecule has 0 unspecified atom stereocenters. The van der Waals surface area contributed by atoms with E-state index in [0.29, 0.717) is 10.7 Å². The van der Waals surface area contributed by atoms with Gasteiger partial charge in [-0.25, -0.2) is 4.90 Å². The summed E-state index contributed by atoms with van der Waals surface area (Å²) in [5.41, 5.74) is 3.22. The van der Waals surface area contributed by atoms with Crippen LogP contribution in [0.5, 0.6) is 0 Å². The van der Waals surface area contributed by atoms with Gasteiger partial charge in [-0.3, -0.25) is 9.59 Å². The molecule has 33 heavy (non-hydrogen) atoms. The van der Waals surface area contributed by atoms with E-state index in [2.05, 4.69) is 60.7 Å². The molecule has 0 radical (unpaired) electrons. The molecule has 0 spiro atoms. The molecule has 2 aliphatic rings. The maximum Gasteiger partial charge on any atom is 0.292 e. The van der Waals surface area contributed by atoms with Crippen molar-refractivity contribution in [1.82, 2.24) is 0 Å². The van der Waals surface area contributed by atoms with Gasteiger partial charge in [0, 0.05) is 16.1 Å². The standard InChI is InChI=1S/C27H26ClN3O2/c28-22-11-13-23(14-12-22)31-25(32)19-24(27(31)33)29-15-17-30(18-16-29)26(20-7-3-1-4-8-20)21-9-5-2-6-10-21/h1-14,24,26H,15-19H2/p+2/t24-/m1/s1. The molecule has 2 aliphatic heterocycles. The minimum absolute atomic E-state index is 0.0940. The van der Waals surface area contributed by atoms with E-state index in [1.54, 1.807) is 24.3 Å². The molecule has 0 saturated carbocycles. The number of amides is 2. The van der Waals surface area contributed by atoms with E-state index >= 15 is 0 Å². The molecule has 0 aliphatic carbocycles. The summed E-state index contributed by atoms with van der Waals surface area (Å²) in [5, 5.41) is 0.588. The Morgan fingerprint density at radius 2 is 1.30 bits per heavy atom. The minimum atomic E-state index is -0.304. The fourth-order valence-corrected chi connectivity index (χ4v) is 5.42. The first kappa shape index (κ1) is 21.8. The lowest BCUT2D eigenvalue weighted by Gasteiger charge is -2.36. The predicted octanol–water partition coefficient (Wildman–Crippen LogP) is 1.54. The molecule has 168 valence electrons. The van der Waals surface area contributed by atoms with Gasteiger partial charge in [0.2, 0.25) is 5.91 Å². The summed E-state index contributed by atoms with van der Waals surface area (Å²) in [5.74, 6) is -0.218. The molecule has 5 nitrogen and oxygen atoms in total. The minimum Gasteiger partial charge on any atom is -0.316 e. The van der Waals surface area contributed by atoms with Crippen molar-refractivity contribution in [2.24, 2.45) is 0 Å². The fraction of sp³-hybridized carbons (Fsp3) is 0.259. The molecular formula is C27H28ClN3O2+2. The van der Waals surface area contributed by atoms with Crippen LogP contribution in [0.25, 0.3) is 0 Å². The van der Waals surface area contributed by atoms with E-state index in [0.717, 1.165) is 26.2 Å². The smallest absolute Gasteiger partial charge is 0.292 e. The van der Waals surface area contributed by atoms with Crippen molar-refractivity contribution < 1.29 is 19.4 Å². The maximum absolute atomic E-state index is 13.2. The van der Waals surface area contributed by atoms with Crippen molar-refractivity contribution >= 4 is 29.1 Å². The Labute approximate surface area is 199 Å². The van der Waals surface area contributed by atoms with Crippen LogP contribution in [0.4, 0.5) is 5.69 Å². The number of piperazine rings is 1. The van der Waals surface area contributed by atoms with Gasteiger partial charge in [0.25, 0.3) is 5.91 Å². The molecule has 6 heteroatoms. The van der Waals surface area contributed by atoms with Crippen LogP contribution in [-0.4, -0.2) is 44.0 Å². The molecule has 2 saturated heterocycles. The van der Waals surface area contributed by atoms with Gasteiger partial charge in [-0.05, 0) is 24.3 Å². The molecule has 2 amide bonds. The Morgan fingerprint density at radius 1 is 0.758 bits per heavy atom. The van der Waals surface area contributed by atoms with Crippen LogP contribution in [0.2, 0.25) is 5.02 Å². The van der Waals surface area contributed by atoms with Gasteiger partial charge in [-0.1, -0.05) is 72.3 Å². The Bertz CT molecular complexity index is 1070. The summed E-state index contributed by atoms with van der Waals surface area (Å²) in [6.07, 6.45) is 0.271. The lowest BCUT2D eigenvalue weighted by molar-refractivity contribution is -1.03. The predicted molar refractivity (Wildman–Crippen MR) is 128 cm³/mol. The van der Waals surface area contributed by atoms with Gasteiger partial charge < -0.3 is 9.80 Å². The highest BCUT2D eigenvalue weighted by Gasteiger charge is 2.47. The average Bonchev–Trinajstić information content (AvgIpc) is 3.15. The normalized spacial score (nSPS) is 23.3. The van der Waals surface area contributed by atoms with Crippen molar-refractivity contribution in [2.45, 2.75) is 18.5 Å². The van der Waals surface area contributed by atoms with Crippen molar-refractivity contribution in [3.05, 3.63) is 101 Å². The van der Waals surface area contributed by atoms with Crippen LogP contribution in [0, 0.1) is 0 Å². The molecule has 1 atom stereocenters. The van der Waals surface area contributed by atoms with Gasteiger partial charge in [0.05, 0.1) is 12.1 Å². The first-order chi connectivity index (χ1) is 16.1. The Hall–Kier alpha value is -2.99. The molecule has 3 aromatic rings. The molecule has 0 aromatic heterocycles. The summed E-state index contributed by atoms with van der Waals surface area (Å²) < 4.78 is 0. The van der Waals surface area contributed by atoms with Crippen molar-refractivity contribution in [3.63, 3.8) is 0 Å². The zero-order valence-electron chi connectivity index (χ0n) is 18.4. The van der Waals surface area contributed by atoms with E-state index in [4.69, 9.17) is 11.6 Å². The van der Waals surface area contributed by atoms with E-state index in [1.807, 2.05) is 0 Å². The van der Waals surface area contributed by atoms with Crippen LogP contribution in [-0.2, 0) is 9.59 Å². The largest absolute Gasteiger partial charge is 0.316 e. The van der Waals surface area contributed by atoms with Gasteiger partial charge in [-0.2, -0.15) is 0 Å². The number of anilines is 1. The summed E-state index contributed by atoms with van der Waals surface area (Å²) >= 11 is 5.97. The van der Waals surface area contributed by atoms with Gasteiger partial charge >= 0.3 is 0 Å². The van der Waals surface area contributed by atoms with E-state index < -0.39 is 0 Å². The van der Waals surface area contributed by atoms with E-state index in [-0.39, 0.29) is 30.3 Å². The second-order valence-electron chi connectivity index (χ2n) is 8.87. The van der Waals surface area contributed by atoms with Crippen molar-refractivity contribution in [1.29, 1.82) is 0 Å². The number of nitrogens with zero attached hydrogens (tertiary/aromatic N) is 1. The first-order valence-electron chi connectivity index (χ1n) is 11.5. The number of halogens is 1. The van der Waals surface area contributed by atoms with Crippen LogP contribution < -0.4 is 14.7 Å². The quantitative estimate of drug-likeness (QED) is 0.566. The number of benzene rings is 3. The molecule has 2 heterocycles. The molecule has 0 bridgehead atoms. The number of hydrogen-bond acceptors (Lipinski definition) is 2. The number of nitrogens with one attached hydrogen (secondary N) is 2.